The molecule has 0 saturated heterocycles. The minimum Gasteiger partial charge on any atom is -0.394 e. The lowest BCUT2D eigenvalue weighted by Gasteiger charge is -2.35. The number of primary amides is 1. The molecule has 1 aliphatic rings. The van der Waals surface area contributed by atoms with Crippen LogP contribution in [0.1, 0.15) is 25.7 Å². The summed E-state index contributed by atoms with van der Waals surface area (Å²) in [5.41, 5.74) is 10.3. The number of amides is 1. The van der Waals surface area contributed by atoms with Gasteiger partial charge in [-0.25, -0.2) is 0 Å². The minimum absolute atomic E-state index is 0.233. The zero-order valence-electron chi connectivity index (χ0n) is 9.26. The van der Waals surface area contributed by atoms with E-state index in [0.717, 1.165) is 12.8 Å². The fourth-order valence-electron chi connectivity index (χ4n) is 1.92. The Morgan fingerprint density at radius 2 is 2.31 bits per heavy atom. The molecular weight excluding hydrogens is 228 g/mol. The standard InChI is InChI=1S/C10H20N2O3S/c11-9(15)10(12)3-1-2-8(4-10)16-6-7(14)5-13/h7-8,13-14H,1-6,12H2,(H2,11,15). The van der Waals surface area contributed by atoms with Crippen LogP contribution in [-0.4, -0.2) is 45.4 Å². The molecule has 16 heavy (non-hydrogen) atoms. The van der Waals surface area contributed by atoms with Gasteiger partial charge >= 0.3 is 0 Å². The Bertz CT molecular complexity index is 252. The first kappa shape index (κ1) is 13.8. The smallest absolute Gasteiger partial charge is 0.237 e. The summed E-state index contributed by atoms with van der Waals surface area (Å²) in [6, 6.07) is 0. The summed E-state index contributed by atoms with van der Waals surface area (Å²) in [6.07, 6.45) is 2.36. The van der Waals surface area contributed by atoms with E-state index in [0.29, 0.717) is 18.6 Å². The van der Waals surface area contributed by atoms with E-state index in [4.69, 9.17) is 16.6 Å². The molecular formula is C10H20N2O3S. The van der Waals surface area contributed by atoms with Crippen LogP contribution in [0.4, 0.5) is 0 Å². The third kappa shape index (κ3) is 3.62. The Morgan fingerprint density at radius 1 is 1.62 bits per heavy atom. The number of hydrogen-bond acceptors (Lipinski definition) is 5. The van der Waals surface area contributed by atoms with Crippen molar-refractivity contribution in [3.05, 3.63) is 0 Å². The van der Waals surface area contributed by atoms with Gasteiger partial charge in [-0.15, -0.1) is 0 Å². The average molecular weight is 248 g/mol. The highest BCUT2D eigenvalue weighted by atomic mass is 32.2. The number of rotatable bonds is 5. The van der Waals surface area contributed by atoms with Crippen LogP contribution in [-0.2, 0) is 4.79 Å². The number of carbonyl (C=O) groups excluding carboxylic acids is 1. The van der Waals surface area contributed by atoms with Crippen molar-refractivity contribution in [2.45, 2.75) is 42.6 Å². The molecule has 1 saturated carbocycles. The minimum atomic E-state index is -0.889. The third-order valence-electron chi connectivity index (χ3n) is 2.97. The van der Waals surface area contributed by atoms with Gasteiger partial charge in [0.15, 0.2) is 0 Å². The summed E-state index contributed by atoms with van der Waals surface area (Å²) >= 11 is 1.55. The Balaban J connectivity index is 2.42. The van der Waals surface area contributed by atoms with Gasteiger partial charge in [0.05, 0.1) is 18.2 Å². The van der Waals surface area contributed by atoms with Crippen molar-refractivity contribution in [1.82, 2.24) is 0 Å². The van der Waals surface area contributed by atoms with E-state index in [2.05, 4.69) is 0 Å². The third-order valence-corrected chi connectivity index (χ3v) is 4.42. The number of carbonyl (C=O) groups is 1. The first-order chi connectivity index (χ1) is 7.48. The lowest BCUT2D eigenvalue weighted by Crippen LogP contribution is -2.55. The van der Waals surface area contributed by atoms with Crippen LogP contribution in [0, 0.1) is 0 Å². The van der Waals surface area contributed by atoms with Gasteiger partial charge in [-0.1, -0.05) is 0 Å². The van der Waals surface area contributed by atoms with E-state index in [1.54, 1.807) is 11.8 Å². The van der Waals surface area contributed by atoms with E-state index in [9.17, 15) is 9.90 Å². The number of thioether (sulfide) groups is 1. The number of nitrogens with two attached hydrogens (primary N) is 2. The van der Waals surface area contributed by atoms with Gasteiger partial charge in [-0.05, 0) is 25.7 Å². The molecule has 0 aromatic rings. The van der Waals surface area contributed by atoms with E-state index >= 15 is 0 Å². The number of aliphatic hydroxyl groups is 2. The van der Waals surface area contributed by atoms with Crippen molar-refractivity contribution >= 4 is 17.7 Å². The fraction of sp³-hybridized carbons (Fsp3) is 0.900. The van der Waals surface area contributed by atoms with Crippen LogP contribution >= 0.6 is 11.8 Å². The second-order valence-corrected chi connectivity index (χ2v) is 5.74. The molecule has 1 rings (SSSR count). The molecule has 6 heteroatoms. The quantitative estimate of drug-likeness (QED) is 0.509. The van der Waals surface area contributed by atoms with Gasteiger partial charge in [-0.3, -0.25) is 4.79 Å². The zero-order chi connectivity index (χ0) is 12.2. The first-order valence-corrected chi connectivity index (χ1v) is 6.52. The maximum Gasteiger partial charge on any atom is 0.237 e. The van der Waals surface area contributed by atoms with E-state index in [-0.39, 0.29) is 11.9 Å². The predicted octanol–water partition coefficient (Wildman–Crippen LogP) is -0.802. The molecule has 0 aromatic carbocycles. The summed E-state index contributed by atoms with van der Waals surface area (Å²) < 4.78 is 0. The van der Waals surface area contributed by atoms with Crippen LogP contribution in [0.2, 0.25) is 0 Å². The Kier molecular flexibility index (Phi) is 5.04. The summed E-state index contributed by atoms with van der Waals surface area (Å²) in [7, 11) is 0. The molecule has 1 aliphatic carbocycles. The maximum atomic E-state index is 11.2. The highest BCUT2D eigenvalue weighted by molar-refractivity contribution is 7.99. The average Bonchev–Trinajstić information content (AvgIpc) is 2.26. The molecule has 0 heterocycles. The van der Waals surface area contributed by atoms with E-state index in [1.165, 1.54) is 0 Å². The summed E-state index contributed by atoms with van der Waals surface area (Å²) in [6.45, 7) is -0.233. The normalized spacial score (nSPS) is 32.3. The monoisotopic (exact) mass is 248 g/mol. The van der Waals surface area contributed by atoms with Crippen molar-refractivity contribution in [3.8, 4) is 0 Å². The van der Waals surface area contributed by atoms with Crippen LogP contribution < -0.4 is 11.5 Å². The van der Waals surface area contributed by atoms with Gasteiger partial charge in [-0.2, -0.15) is 11.8 Å². The zero-order valence-corrected chi connectivity index (χ0v) is 10.1. The topological polar surface area (TPSA) is 110 Å². The second-order valence-electron chi connectivity index (χ2n) is 4.41. The SMILES string of the molecule is NC(=O)C1(N)CCCC(SCC(O)CO)C1. The Hall–Kier alpha value is -0.300. The van der Waals surface area contributed by atoms with Gasteiger partial charge < -0.3 is 21.7 Å². The molecule has 3 unspecified atom stereocenters. The largest absolute Gasteiger partial charge is 0.394 e. The second kappa shape index (κ2) is 5.86. The Labute approximate surface area is 99.6 Å². The fourth-order valence-corrected chi connectivity index (χ4v) is 3.27. The molecule has 1 amide bonds. The van der Waals surface area contributed by atoms with Crippen LogP contribution in [0.25, 0.3) is 0 Å². The van der Waals surface area contributed by atoms with Gasteiger partial charge in [0, 0.05) is 11.0 Å². The molecule has 0 radical (unpaired) electrons. The molecule has 0 spiro atoms. The van der Waals surface area contributed by atoms with Gasteiger partial charge in [0.1, 0.15) is 0 Å². The number of hydrogen-bond donors (Lipinski definition) is 4. The van der Waals surface area contributed by atoms with Crippen LogP contribution in [0.3, 0.4) is 0 Å². The lowest BCUT2D eigenvalue weighted by molar-refractivity contribution is -0.124. The highest BCUT2D eigenvalue weighted by Crippen LogP contribution is 2.33. The molecule has 3 atom stereocenters. The molecule has 0 aromatic heterocycles. The summed E-state index contributed by atoms with van der Waals surface area (Å²) in [5, 5.41) is 18.2. The number of aliphatic hydroxyl groups excluding tert-OH is 2. The molecule has 6 N–H and O–H groups in total. The molecule has 0 bridgehead atoms. The first-order valence-electron chi connectivity index (χ1n) is 5.47. The van der Waals surface area contributed by atoms with Crippen molar-refractivity contribution < 1.29 is 15.0 Å². The predicted molar refractivity (Wildman–Crippen MR) is 63.9 cm³/mol. The van der Waals surface area contributed by atoms with Crippen LogP contribution in [0.5, 0.6) is 0 Å². The lowest BCUT2D eigenvalue weighted by atomic mass is 9.82. The molecule has 94 valence electrons. The van der Waals surface area contributed by atoms with Gasteiger partial charge in [0.25, 0.3) is 0 Å². The Morgan fingerprint density at radius 3 is 2.88 bits per heavy atom. The van der Waals surface area contributed by atoms with Crippen LogP contribution in [0.15, 0.2) is 0 Å². The molecule has 0 aliphatic heterocycles. The van der Waals surface area contributed by atoms with Gasteiger partial charge in [0.2, 0.25) is 5.91 Å². The van der Waals surface area contributed by atoms with Crippen molar-refractivity contribution in [3.63, 3.8) is 0 Å². The van der Waals surface area contributed by atoms with Crippen molar-refractivity contribution in [2.75, 3.05) is 12.4 Å². The molecule has 5 nitrogen and oxygen atoms in total. The van der Waals surface area contributed by atoms with Crippen molar-refractivity contribution in [2.24, 2.45) is 11.5 Å². The van der Waals surface area contributed by atoms with E-state index < -0.39 is 17.6 Å². The highest BCUT2D eigenvalue weighted by Gasteiger charge is 2.37. The maximum absolute atomic E-state index is 11.2. The van der Waals surface area contributed by atoms with Crippen molar-refractivity contribution in [1.29, 1.82) is 0 Å². The summed E-state index contributed by atoms with van der Waals surface area (Å²) in [5.74, 6) is 0.0243. The summed E-state index contributed by atoms with van der Waals surface area (Å²) in [4.78, 5) is 11.2. The van der Waals surface area contributed by atoms with E-state index in [1.807, 2.05) is 0 Å². The molecule has 1 fully saturated rings.